The molecule has 2 atom stereocenters. The van der Waals surface area contributed by atoms with Gasteiger partial charge in [0.25, 0.3) is 0 Å². The molecule has 0 radical (unpaired) electrons. The van der Waals surface area contributed by atoms with Crippen molar-refractivity contribution >= 4 is 15.8 Å². The number of allylic oxidation sites excluding steroid dienone is 8. The second kappa shape index (κ2) is 15.7. The van der Waals surface area contributed by atoms with Crippen LogP contribution in [0.2, 0.25) is 0 Å². The molecular weight excluding hydrogens is 422 g/mol. The minimum Gasteiger partial charge on any atom is -0.0993 e. The molecule has 0 saturated carbocycles. The monoisotopic (exact) mass is 474 g/mol. The van der Waals surface area contributed by atoms with E-state index in [0.29, 0.717) is 0 Å². The first kappa shape index (κ1) is 28.1. The first-order chi connectivity index (χ1) is 15.6. The molecule has 0 aromatic rings. The predicted molar refractivity (Wildman–Crippen MR) is 153 cm³/mol. The Morgan fingerprint density at radius 2 is 0.906 bits per heavy atom. The molecule has 0 aromatic heterocycles. The van der Waals surface area contributed by atoms with Crippen molar-refractivity contribution in [3.8, 4) is 0 Å². The maximum atomic E-state index is 2.57. The zero-order valence-corrected chi connectivity index (χ0v) is 24.0. The summed E-state index contributed by atoms with van der Waals surface area (Å²) in [7, 11) is 0.216. The average molecular weight is 475 g/mol. The smallest absolute Gasteiger partial charge is 0.00163 e. The van der Waals surface area contributed by atoms with Crippen molar-refractivity contribution in [1.29, 1.82) is 0 Å². The highest BCUT2D eigenvalue weighted by Gasteiger charge is 2.28. The summed E-state index contributed by atoms with van der Waals surface area (Å²) in [5, 5.41) is 0. The third kappa shape index (κ3) is 7.95. The van der Waals surface area contributed by atoms with Gasteiger partial charge in [0.2, 0.25) is 0 Å². The first-order valence-electron chi connectivity index (χ1n) is 13.9. The van der Waals surface area contributed by atoms with E-state index in [9.17, 15) is 0 Å². The summed E-state index contributed by atoms with van der Waals surface area (Å²) < 4.78 is 0. The van der Waals surface area contributed by atoms with Gasteiger partial charge in [-0.15, -0.1) is 0 Å². The first-order valence-corrected chi connectivity index (χ1v) is 17.4. The minimum atomic E-state index is 0.108. The summed E-state index contributed by atoms with van der Waals surface area (Å²) in [4.78, 5) is 0. The van der Waals surface area contributed by atoms with Gasteiger partial charge in [-0.25, -0.2) is 0 Å². The third-order valence-corrected chi connectivity index (χ3v) is 13.8. The fourth-order valence-corrected chi connectivity index (χ4v) is 11.4. The lowest BCUT2D eigenvalue weighted by Crippen LogP contribution is -2.12. The molecule has 0 fully saturated rings. The summed E-state index contributed by atoms with van der Waals surface area (Å²) in [6.07, 6.45) is 29.3. The second-order valence-electron chi connectivity index (χ2n) is 9.92. The Morgan fingerprint density at radius 1 is 0.594 bits per heavy atom. The van der Waals surface area contributed by atoms with Crippen molar-refractivity contribution in [3.05, 3.63) is 46.6 Å². The molecule has 0 bridgehead atoms. The Labute approximate surface area is 204 Å². The molecule has 2 aliphatic rings. The van der Waals surface area contributed by atoms with Crippen LogP contribution in [0.3, 0.4) is 0 Å². The molecule has 0 aromatic carbocycles. The van der Waals surface area contributed by atoms with Crippen LogP contribution < -0.4 is 0 Å². The van der Waals surface area contributed by atoms with Crippen LogP contribution in [0, 0.1) is 0 Å². The van der Waals surface area contributed by atoms with Gasteiger partial charge in [0.05, 0.1) is 0 Å². The zero-order chi connectivity index (χ0) is 23.3. The molecule has 0 N–H and O–H groups in total. The lowest BCUT2D eigenvalue weighted by atomic mass is 9.95. The van der Waals surface area contributed by atoms with Gasteiger partial charge in [-0.2, -0.15) is 0 Å². The van der Waals surface area contributed by atoms with Crippen LogP contribution in [0.15, 0.2) is 46.6 Å². The standard InChI is InChI=1S/C30H52P2/c1-7-11-21-31(22-12-8-2)25(5)27-17-15-19-29(27)30-20-16-18-28(30)26(6)32(23-13-9-3)24-14-10-4/h15-18,25-26H,7-14,19-24H2,1-6H3/t25-,26-/m1/s1. The summed E-state index contributed by atoms with van der Waals surface area (Å²) in [6, 6.07) is 0. The van der Waals surface area contributed by atoms with Crippen LogP contribution in [-0.2, 0) is 0 Å². The Kier molecular flexibility index (Phi) is 13.7. The molecule has 0 heterocycles. The predicted octanol–water partition coefficient (Wildman–Crippen LogP) is 10.4. The SMILES string of the molecule is CCCCP(CCCC)[C@H](C)C1=C(C2=C([C@@H](C)P(CCCC)CCCC)C=CC2)CC=C1. The van der Waals surface area contributed by atoms with E-state index in [4.69, 9.17) is 0 Å². The maximum absolute atomic E-state index is 2.57. The van der Waals surface area contributed by atoms with Gasteiger partial charge in [-0.3, -0.25) is 0 Å². The Hall–Kier alpha value is -0.180. The van der Waals surface area contributed by atoms with Gasteiger partial charge in [-0.1, -0.05) is 107 Å². The van der Waals surface area contributed by atoms with E-state index in [1.165, 1.54) is 88.9 Å². The molecule has 182 valence electrons. The molecule has 2 rings (SSSR count). The summed E-state index contributed by atoms with van der Waals surface area (Å²) in [6.45, 7) is 14.6. The highest BCUT2D eigenvalue weighted by atomic mass is 31.1. The molecule has 0 amide bonds. The van der Waals surface area contributed by atoms with E-state index >= 15 is 0 Å². The number of rotatable bonds is 17. The fraction of sp³-hybridized carbons (Fsp3) is 0.733. The lowest BCUT2D eigenvalue weighted by molar-refractivity contribution is 0.858. The Morgan fingerprint density at radius 3 is 1.19 bits per heavy atom. The molecule has 0 spiro atoms. The van der Waals surface area contributed by atoms with Crippen molar-refractivity contribution in [2.24, 2.45) is 0 Å². The van der Waals surface area contributed by atoms with Crippen molar-refractivity contribution in [2.75, 3.05) is 24.6 Å². The van der Waals surface area contributed by atoms with Crippen LogP contribution in [0.1, 0.15) is 106 Å². The third-order valence-electron chi connectivity index (χ3n) is 7.49. The molecule has 0 nitrogen and oxygen atoms in total. The van der Waals surface area contributed by atoms with Gasteiger partial charge in [0, 0.05) is 11.3 Å². The largest absolute Gasteiger partial charge is 0.0993 e. The molecule has 0 unspecified atom stereocenters. The van der Waals surface area contributed by atoms with Gasteiger partial charge in [0.1, 0.15) is 0 Å². The van der Waals surface area contributed by atoms with Gasteiger partial charge < -0.3 is 0 Å². The molecule has 0 aliphatic heterocycles. The van der Waals surface area contributed by atoms with E-state index in [1.54, 1.807) is 22.3 Å². The van der Waals surface area contributed by atoms with Crippen molar-refractivity contribution < 1.29 is 0 Å². The van der Waals surface area contributed by atoms with Crippen LogP contribution in [0.5, 0.6) is 0 Å². The quantitative estimate of drug-likeness (QED) is 0.184. The number of unbranched alkanes of at least 4 members (excludes halogenated alkanes) is 4. The highest BCUT2D eigenvalue weighted by Crippen LogP contribution is 2.52. The molecule has 0 saturated heterocycles. The topological polar surface area (TPSA) is 0 Å². The molecule has 2 heteroatoms. The minimum absolute atomic E-state index is 0.108. The van der Waals surface area contributed by atoms with Crippen LogP contribution in [0.4, 0.5) is 0 Å². The Balaban J connectivity index is 2.30. The van der Waals surface area contributed by atoms with E-state index in [-0.39, 0.29) is 15.8 Å². The fourth-order valence-electron chi connectivity index (χ4n) is 5.26. The van der Waals surface area contributed by atoms with Crippen molar-refractivity contribution in [1.82, 2.24) is 0 Å². The molecular formula is C30H52P2. The number of hydrogen-bond acceptors (Lipinski definition) is 0. The second-order valence-corrected chi connectivity index (χ2v) is 15.6. The summed E-state index contributed by atoms with van der Waals surface area (Å²) in [5.41, 5.74) is 8.43. The molecule has 2 aliphatic carbocycles. The lowest BCUT2D eigenvalue weighted by Gasteiger charge is -2.29. The van der Waals surface area contributed by atoms with Gasteiger partial charge >= 0.3 is 0 Å². The maximum Gasteiger partial charge on any atom is 0.00163 e. The normalized spacial score (nSPS) is 18.1. The van der Waals surface area contributed by atoms with Crippen molar-refractivity contribution in [2.45, 2.75) is 117 Å². The van der Waals surface area contributed by atoms with Gasteiger partial charge in [0.15, 0.2) is 0 Å². The van der Waals surface area contributed by atoms with Crippen LogP contribution in [0.25, 0.3) is 0 Å². The molecule has 32 heavy (non-hydrogen) atoms. The Bertz CT molecular complexity index is 592. The van der Waals surface area contributed by atoms with E-state index in [2.05, 4.69) is 65.8 Å². The van der Waals surface area contributed by atoms with Gasteiger partial charge in [-0.05, 0) is 85.5 Å². The van der Waals surface area contributed by atoms with Crippen LogP contribution >= 0.6 is 15.8 Å². The average Bonchev–Trinajstić information content (AvgIpc) is 3.48. The van der Waals surface area contributed by atoms with E-state index in [1.807, 2.05) is 0 Å². The summed E-state index contributed by atoms with van der Waals surface area (Å²) in [5.74, 6) is 0. The highest BCUT2D eigenvalue weighted by molar-refractivity contribution is 7.59. The number of hydrogen-bond donors (Lipinski definition) is 0. The van der Waals surface area contributed by atoms with E-state index in [0.717, 1.165) is 11.3 Å². The summed E-state index contributed by atoms with van der Waals surface area (Å²) >= 11 is 0. The van der Waals surface area contributed by atoms with Crippen LogP contribution in [-0.4, -0.2) is 36.0 Å². The zero-order valence-electron chi connectivity index (χ0n) is 22.3. The van der Waals surface area contributed by atoms with E-state index < -0.39 is 0 Å². The van der Waals surface area contributed by atoms with Crippen molar-refractivity contribution in [3.63, 3.8) is 0 Å².